The zero-order valence-corrected chi connectivity index (χ0v) is 16.9. The third kappa shape index (κ3) is 5.43. The third-order valence-corrected chi connectivity index (χ3v) is 7.11. The quantitative estimate of drug-likeness (QED) is 0.559. The van der Waals surface area contributed by atoms with Gasteiger partial charge in [-0.2, -0.15) is 0 Å². The van der Waals surface area contributed by atoms with Crippen molar-refractivity contribution < 1.29 is 23.7 Å². The average Bonchev–Trinajstić information content (AvgIpc) is 2.91. The fraction of sp³-hybridized carbons (Fsp3) is 0.524. The number of phenolic OH excluding ortho intramolecular Hbond substituents is 1. The van der Waals surface area contributed by atoms with Crippen molar-refractivity contribution in [2.45, 2.75) is 57.3 Å². The molecule has 0 spiro atoms. The van der Waals surface area contributed by atoms with Crippen molar-refractivity contribution in [2.24, 2.45) is 0 Å². The number of aliphatic hydroxyl groups excluding tert-OH is 2. The molecule has 1 heterocycles. The second kappa shape index (κ2) is 9.53. The molecule has 2 rings (SSSR count). The maximum atomic E-state index is 12.2. The van der Waals surface area contributed by atoms with E-state index in [1.165, 1.54) is 5.57 Å². The van der Waals surface area contributed by atoms with E-state index in [4.69, 9.17) is 0 Å². The van der Waals surface area contributed by atoms with Gasteiger partial charge in [0.15, 0.2) is 9.84 Å². The number of aliphatic hydroxyl groups is 2. The molecule has 1 aliphatic rings. The Balaban J connectivity index is 2.15. The third-order valence-electron chi connectivity index (χ3n) is 5.09. The highest BCUT2D eigenvalue weighted by molar-refractivity contribution is 7.92. The molecule has 0 unspecified atom stereocenters. The SMILES string of the molecule is CCC/C(=C\c1ccc(O)cc1)CC[C@@H](O)C1=C(CC)CS(=O)(=O)[C@H]1CO. The molecule has 27 heavy (non-hydrogen) atoms. The van der Waals surface area contributed by atoms with E-state index in [1.807, 2.05) is 19.1 Å². The number of allylic oxidation sites excluding steroid dienone is 1. The molecule has 1 aliphatic heterocycles. The Morgan fingerprint density at radius 3 is 2.44 bits per heavy atom. The van der Waals surface area contributed by atoms with Crippen molar-refractivity contribution >= 4 is 15.9 Å². The summed E-state index contributed by atoms with van der Waals surface area (Å²) in [5.41, 5.74) is 3.39. The van der Waals surface area contributed by atoms with Crippen LogP contribution in [0.2, 0.25) is 0 Å². The highest BCUT2D eigenvalue weighted by atomic mass is 32.2. The summed E-state index contributed by atoms with van der Waals surface area (Å²) in [6.07, 6.45) is 4.68. The zero-order chi connectivity index (χ0) is 20.0. The molecule has 3 N–H and O–H groups in total. The second-order valence-corrected chi connectivity index (χ2v) is 9.27. The smallest absolute Gasteiger partial charge is 0.163 e. The van der Waals surface area contributed by atoms with Crippen molar-refractivity contribution in [2.75, 3.05) is 12.4 Å². The van der Waals surface area contributed by atoms with Crippen LogP contribution in [-0.2, 0) is 9.84 Å². The lowest BCUT2D eigenvalue weighted by atomic mass is 9.93. The molecule has 1 aromatic rings. The van der Waals surface area contributed by atoms with Gasteiger partial charge in [0.05, 0.1) is 18.5 Å². The van der Waals surface area contributed by atoms with E-state index in [1.54, 1.807) is 12.1 Å². The van der Waals surface area contributed by atoms with Crippen LogP contribution in [0.25, 0.3) is 6.08 Å². The van der Waals surface area contributed by atoms with E-state index in [0.717, 1.165) is 24.0 Å². The predicted octanol–water partition coefficient (Wildman–Crippen LogP) is 3.21. The number of hydrogen-bond donors (Lipinski definition) is 3. The minimum atomic E-state index is -3.42. The van der Waals surface area contributed by atoms with Crippen LogP contribution in [0.5, 0.6) is 5.75 Å². The van der Waals surface area contributed by atoms with E-state index in [-0.39, 0.29) is 11.5 Å². The van der Waals surface area contributed by atoms with Crippen LogP contribution in [0.4, 0.5) is 0 Å². The molecule has 0 radical (unpaired) electrons. The molecule has 0 saturated heterocycles. The Morgan fingerprint density at radius 1 is 1.22 bits per heavy atom. The van der Waals surface area contributed by atoms with Gasteiger partial charge in [0, 0.05) is 0 Å². The van der Waals surface area contributed by atoms with Gasteiger partial charge in [-0.15, -0.1) is 0 Å². The van der Waals surface area contributed by atoms with Crippen LogP contribution >= 0.6 is 0 Å². The highest BCUT2D eigenvalue weighted by Gasteiger charge is 2.40. The highest BCUT2D eigenvalue weighted by Crippen LogP contribution is 2.33. The Bertz CT molecular complexity index is 790. The number of hydrogen-bond acceptors (Lipinski definition) is 5. The summed E-state index contributed by atoms with van der Waals surface area (Å²) in [7, 11) is -3.42. The molecule has 0 amide bonds. The first-order valence-corrected chi connectivity index (χ1v) is 11.2. The first-order chi connectivity index (χ1) is 12.8. The molecule has 2 atom stereocenters. The van der Waals surface area contributed by atoms with Gasteiger partial charge >= 0.3 is 0 Å². The summed E-state index contributed by atoms with van der Waals surface area (Å²) in [6.45, 7) is 3.48. The zero-order valence-electron chi connectivity index (χ0n) is 16.1. The summed E-state index contributed by atoms with van der Waals surface area (Å²) < 4.78 is 24.5. The van der Waals surface area contributed by atoms with Crippen molar-refractivity contribution in [1.29, 1.82) is 0 Å². The standard InChI is InChI=1S/C21H30O5S/c1-3-5-15(12-16-6-9-18(23)10-7-16)8-11-19(24)21-17(4-2)14-27(25,26)20(21)13-22/h6-7,9-10,12,19-20,22-24H,3-5,8,11,13-14H2,1-2H3/b15-12+/t19-,20+/m1/s1. The van der Waals surface area contributed by atoms with E-state index in [0.29, 0.717) is 24.8 Å². The van der Waals surface area contributed by atoms with E-state index in [9.17, 15) is 23.7 Å². The molecule has 0 bridgehead atoms. The molecule has 5 nitrogen and oxygen atoms in total. The minimum absolute atomic E-state index is 0.0632. The van der Waals surface area contributed by atoms with Gasteiger partial charge in [-0.05, 0) is 49.0 Å². The first kappa shape index (κ1) is 21.7. The predicted molar refractivity (Wildman–Crippen MR) is 108 cm³/mol. The van der Waals surface area contributed by atoms with Gasteiger partial charge in [0.25, 0.3) is 0 Å². The molecular weight excluding hydrogens is 364 g/mol. The van der Waals surface area contributed by atoms with Crippen LogP contribution in [0.3, 0.4) is 0 Å². The molecule has 0 aliphatic carbocycles. The lowest BCUT2D eigenvalue weighted by Crippen LogP contribution is -2.29. The summed E-state index contributed by atoms with van der Waals surface area (Å²) in [4.78, 5) is 0. The number of aromatic hydroxyl groups is 1. The normalized spacial score (nSPS) is 20.9. The van der Waals surface area contributed by atoms with Crippen LogP contribution in [0, 0.1) is 0 Å². The summed E-state index contributed by atoms with van der Waals surface area (Å²) in [5.74, 6) is 0.155. The van der Waals surface area contributed by atoms with E-state index in [2.05, 4.69) is 13.0 Å². The Kier molecular flexibility index (Phi) is 7.65. The van der Waals surface area contributed by atoms with Crippen LogP contribution < -0.4 is 0 Å². The lowest BCUT2D eigenvalue weighted by molar-refractivity contribution is 0.188. The first-order valence-electron chi connectivity index (χ1n) is 9.53. The monoisotopic (exact) mass is 394 g/mol. The Labute approximate surface area is 162 Å². The molecule has 6 heteroatoms. The van der Waals surface area contributed by atoms with Gasteiger partial charge in [0.1, 0.15) is 11.0 Å². The molecule has 1 aromatic carbocycles. The molecule has 0 saturated carbocycles. The topological polar surface area (TPSA) is 94.8 Å². The number of sulfone groups is 1. The fourth-order valence-corrected chi connectivity index (χ4v) is 5.69. The maximum absolute atomic E-state index is 12.2. The largest absolute Gasteiger partial charge is 0.508 e. The van der Waals surface area contributed by atoms with E-state index < -0.39 is 27.8 Å². The van der Waals surface area contributed by atoms with Crippen molar-refractivity contribution in [1.82, 2.24) is 0 Å². The van der Waals surface area contributed by atoms with Crippen LogP contribution in [0.15, 0.2) is 41.0 Å². The molecular formula is C21H30O5S. The van der Waals surface area contributed by atoms with Crippen molar-refractivity contribution in [3.05, 3.63) is 46.5 Å². The van der Waals surface area contributed by atoms with Crippen LogP contribution in [-0.4, -0.2) is 47.5 Å². The number of benzene rings is 1. The number of rotatable bonds is 9. The minimum Gasteiger partial charge on any atom is -0.508 e. The molecule has 150 valence electrons. The summed E-state index contributed by atoms with van der Waals surface area (Å²) >= 11 is 0. The second-order valence-electron chi connectivity index (χ2n) is 7.09. The average molecular weight is 395 g/mol. The summed E-state index contributed by atoms with van der Waals surface area (Å²) in [6, 6.07) is 6.95. The van der Waals surface area contributed by atoms with E-state index >= 15 is 0 Å². The van der Waals surface area contributed by atoms with Crippen LogP contribution in [0.1, 0.15) is 51.5 Å². The van der Waals surface area contributed by atoms with Gasteiger partial charge in [-0.1, -0.05) is 49.6 Å². The van der Waals surface area contributed by atoms with Crippen molar-refractivity contribution in [3.8, 4) is 5.75 Å². The maximum Gasteiger partial charge on any atom is 0.163 e. The Hall–Kier alpha value is -1.63. The number of phenols is 1. The van der Waals surface area contributed by atoms with Crippen molar-refractivity contribution in [3.63, 3.8) is 0 Å². The Morgan fingerprint density at radius 2 is 1.89 bits per heavy atom. The fourth-order valence-electron chi connectivity index (χ4n) is 3.69. The van der Waals surface area contributed by atoms with Gasteiger partial charge in [-0.3, -0.25) is 0 Å². The molecule has 0 fully saturated rings. The van der Waals surface area contributed by atoms with Gasteiger partial charge in [-0.25, -0.2) is 8.42 Å². The van der Waals surface area contributed by atoms with Gasteiger partial charge in [0.2, 0.25) is 0 Å². The summed E-state index contributed by atoms with van der Waals surface area (Å²) in [5, 5.41) is 28.7. The lowest BCUT2D eigenvalue weighted by Gasteiger charge is -2.19. The molecule has 0 aromatic heterocycles. The van der Waals surface area contributed by atoms with Gasteiger partial charge < -0.3 is 15.3 Å².